The molecule has 0 spiro atoms. The topological polar surface area (TPSA) is 81.4 Å². The van der Waals surface area contributed by atoms with E-state index in [0.29, 0.717) is 23.0 Å². The Morgan fingerprint density at radius 1 is 1.38 bits per heavy atom. The van der Waals surface area contributed by atoms with E-state index < -0.39 is 10.0 Å². The second-order valence-corrected chi connectivity index (χ2v) is 7.88. The average molecular weight is 326 g/mol. The van der Waals surface area contributed by atoms with Crippen LogP contribution in [0.3, 0.4) is 0 Å². The number of hydrogen-bond acceptors (Lipinski definition) is 5. The number of benzene rings is 1. The van der Waals surface area contributed by atoms with Crippen molar-refractivity contribution in [3.63, 3.8) is 0 Å². The molecule has 3 rings (SSSR count). The second-order valence-electron chi connectivity index (χ2n) is 5.09. The van der Waals surface area contributed by atoms with Crippen LogP contribution in [0.25, 0.3) is 10.1 Å². The number of nitrogens with two attached hydrogens (primary N) is 1. The maximum absolute atomic E-state index is 12.7. The highest BCUT2D eigenvalue weighted by molar-refractivity contribution is 7.90. The fourth-order valence-corrected chi connectivity index (χ4v) is 5.70. The Bertz CT molecular complexity index is 734. The predicted molar refractivity (Wildman–Crippen MR) is 83.9 cm³/mol. The summed E-state index contributed by atoms with van der Waals surface area (Å²) in [6.07, 6.45) is 1.68. The molecule has 114 valence electrons. The lowest BCUT2D eigenvalue weighted by Gasteiger charge is -2.23. The van der Waals surface area contributed by atoms with E-state index in [1.165, 1.54) is 11.3 Å². The van der Waals surface area contributed by atoms with E-state index in [2.05, 4.69) is 4.72 Å². The zero-order chi connectivity index (χ0) is 14.9. The molecule has 1 saturated heterocycles. The Labute approximate surface area is 128 Å². The van der Waals surface area contributed by atoms with Gasteiger partial charge < -0.3 is 10.5 Å². The Kier molecular flexibility index (Phi) is 4.28. The lowest BCUT2D eigenvalue weighted by molar-refractivity contribution is 0.0774. The van der Waals surface area contributed by atoms with E-state index in [4.69, 9.17) is 10.5 Å². The molecule has 0 radical (unpaired) electrons. The van der Waals surface area contributed by atoms with Crippen molar-refractivity contribution in [2.75, 3.05) is 13.2 Å². The average Bonchev–Trinajstić information content (AvgIpc) is 2.87. The minimum Gasteiger partial charge on any atom is -0.380 e. The highest BCUT2D eigenvalue weighted by Crippen LogP contribution is 2.34. The molecular formula is C14H18N2O3S2. The Balaban J connectivity index is 2.01. The first-order valence-electron chi connectivity index (χ1n) is 6.92. The van der Waals surface area contributed by atoms with Gasteiger partial charge in [0.1, 0.15) is 4.90 Å². The minimum absolute atomic E-state index is 0.159. The summed E-state index contributed by atoms with van der Waals surface area (Å²) in [7, 11) is -3.59. The van der Waals surface area contributed by atoms with Gasteiger partial charge in [-0.15, -0.1) is 11.3 Å². The molecule has 1 aliphatic heterocycles. The number of hydrogen-bond donors (Lipinski definition) is 2. The molecule has 5 nitrogen and oxygen atoms in total. The summed E-state index contributed by atoms with van der Waals surface area (Å²) in [6, 6.07) is 7.34. The van der Waals surface area contributed by atoms with Gasteiger partial charge in [0.2, 0.25) is 10.0 Å². The van der Waals surface area contributed by atoms with E-state index >= 15 is 0 Å². The van der Waals surface area contributed by atoms with E-state index in [9.17, 15) is 8.42 Å². The third-order valence-corrected chi connectivity index (χ3v) is 6.52. The lowest BCUT2D eigenvalue weighted by Crippen LogP contribution is -2.40. The van der Waals surface area contributed by atoms with Crippen molar-refractivity contribution in [1.29, 1.82) is 0 Å². The van der Waals surface area contributed by atoms with Gasteiger partial charge in [0.25, 0.3) is 0 Å². The summed E-state index contributed by atoms with van der Waals surface area (Å²) in [5, 5.41) is 0.743. The maximum Gasteiger partial charge on any atom is 0.242 e. The van der Waals surface area contributed by atoms with Crippen molar-refractivity contribution in [3.05, 3.63) is 29.1 Å². The van der Waals surface area contributed by atoms with Crippen molar-refractivity contribution in [1.82, 2.24) is 4.72 Å². The van der Waals surface area contributed by atoms with Gasteiger partial charge >= 0.3 is 0 Å². The van der Waals surface area contributed by atoms with Crippen LogP contribution in [0.1, 0.15) is 17.7 Å². The molecule has 0 bridgehead atoms. The molecule has 1 atom stereocenters. The second kappa shape index (κ2) is 6.02. The molecule has 2 heterocycles. The summed E-state index contributed by atoms with van der Waals surface area (Å²) in [5.74, 6) is 0. The van der Waals surface area contributed by atoms with Crippen LogP contribution in [0.4, 0.5) is 0 Å². The molecule has 1 fully saturated rings. The molecule has 7 heteroatoms. The van der Waals surface area contributed by atoms with Crippen LogP contribution < -0.4 is 10.5 Å². The van der Waals surface area contributed by atoms with Crippen molar-refractivity contribution >= 4 is 31.4 Å². The van der Waals surface area contributed by atoms with Gasteiger partial charge in [-0.1, -0.05) is 18.2 Å². The Hall–Kier alpha value is -0.990. The molecule has 21 heavy (non-hydrogen) atoms. The van der Waals surface area contributed by atoms with Crippen LogP contribution in [0.5, 0.6) is 0 Å². The summed E-state index contributed by atoms with van der Waals surface area (Å²) in [4.78, 5) is 1.02. The highest BCUT2D eigenvalue weighted by atomic mass is 32.2. The first-order valence-corrected chi connectivity index (χ1v) is 9.22. The monoisotopic (exact) mass is 326 g/mol. The number of fused-ring (bicyclic) bond motifs is 1. The van der Waals surface area contributed by atoms with Gasteiger partial charge in [0.05, 0.1) is 6.61 Å². The van der Waals surface area contributed by atoms with Crippen molar-refractivity contribution in [2.45, 2.75) is 30.3 Å². The SMILES string of the molecule is NCc1sc2ccccc2c1S(=O)(=O)NC1CCCOC1. The molecule has 1 aliphatic rings. The smallest absolute Gasteiger partial charge is 0.242 e. The van der Waals surface area contributed by atoms with Crippen LogP contribution in [0.15, 0.2) is 29.2 Å². The minimum atomic E-state index is -3.59. The normalized spacial score (nSPS) is 20.0. The van der Waals surface area contributed by atoms with Gasteiger partial charge in [-0.2, -0.15) is 0 Å². The summed E-state index contributed by atoms with van der Waals surface area (Å²) in [6.45, 7) is 1.35. The van der Waals surface area contributed by atoms with Gasteiger partial charge in [-0.25, -0.2) is 13.1 Å². The molecule has 2 aromatic rings. The van der Waals surface area contributed by atoms with Crippen LogP contribution in [-0.2, 0) is 21.3 Å². The Morgan fingerprint density at radius 3 is 2.90 bits per heavy atom. The van der Waals surface area contributed by atoms with Gasteiger partial charge in [-0.05, 0) is 18.9 Å². The van der Waals surface area contributed by atoms with Crippen molar-refractivity contribution < 1.29 is 13.2 Å². The molecule has 0 amide bonds. The zero-order valence-corrected chi connectivity index (χ0v) is 13.2. The maximum atomic E-state index is 12.7. The summed E-state index contributed by atoms with van der Waals surface area (Å²) >= 11 is 1.44. The van der Waals surface area contributed by atoms with Crippen LogP contribution in [-0.4, -0.2) is 27.7 Å². The molecule has 1 unspecified atom stereocenters. The quantitative estimate of drug-likeness (QED) is 0.898. The number of rotatable bonds is 4. The number of thiophene rings is 1. The molecule has 0 aliphatic carbocycles. The fraction of sp³-hybridized carbons (Fsp3) is 0.429. The molecule has 1 aromatic heterocycles. The van der Waals surface area contributed by atoms with Crippen LogP contribution in [0, 0.1) is 0 Å². The highest BCUT2D eigenvalue weighted by Gasteiger charge is 2.27. The Morgan fingerprint density at radius 2 is 2.19 bits per heavy atom. The summed E-state index contributed by atoms with van der Waals surface area (Å²) in [5.41, 5.74) is 5.74. The number of ether oxygens (including phenoxy) is 1. The third kappa shape index (κ3) is 2.97. The van der Waals surface area contributed by atoms with Gasteiger partial charge in [-0.3, -0.25) is 0 Å². The fourth-order valence-electron chi connectivity index (χ4n) is 2.61. The van der Waals surface area contributed by atoms with E-state index in [1.54, 1.807) is 0 Å². The van der Waals surface area contributed by atoms with Crippen LogP contribution >= 0.6 is 11.3 Å². The molecule has 1 aromatic carbocycles. The first kappa shape index (κ1) is 14.9. The molecule has 3 N–H and O–H groups in total. The zero-order valence-electron chi connectivity index (χ0n) is 11.5. The molecular weight excluding hydrogens is 308 g/mol. The van der Waals surface area contributed by atoms with E-state index in [0.717, 1.165) is 22.9 Å². The van der Waals surface area contributed by atoms with Gasteiger partial charge in [0, 0.05) is 34.2 Å². The standard InChI is InChI=1S/C14H18N2O3S2/c15-8-13-14(11-5-1-2-6-12(11)20-13)21(17,18)16-10-4-3-7-19-9-10/h1-2,5-6,10,16H,3-4,7-9,15H2. The first-order chi connectivity index (χ1) is 10.1. The largest absolute Gasteiger partial charge is 0.380 e. The third-order valence-electron chi connectivity index (χ3n) is 3.55. The summed E-state index contributed by atoms with van der Waals surface area (Å²) < 4.78 is 34.5. The van der Waals surface area contributed by atoms with Crippen molar-refractivity contribution in [2.24, 2.45) is 5.73 Å². The van der Waals surface area contributed by atoms with Gasteiger partial charge in [0.15, 0.2) is 0 Å². The van der Waals surface area contributed by atoms with Crippen molar-refractivity contribution in [3.8, 4) is 0 Å². The van der Waals surface area contributed by atoms with E-state index in [1.807, 2.05) is 24.3 Å². The predicted octanol–water partition coefficient (Wildman–Crippen LogP) is 1.82. The lowest BCUT2D eigenvalue weighted by atomic mass is 10.1. The number of nitrogens with one attached hydrogen (secondary N) is 1. The molecule has 0 saturated carbocycles. The van der Waals surface area contributed by atoms with Crippen LogP contribution in [0.2, 0.25) is 0 Å². The van der Waals surface area contributed by atoms with E-state index in [-0.39, 0.29) is 12.6 Å². The number of sulfonamides is 1.